The van der Waals surface area contributed by atoms with E-state index in [9.17, 15) is 4.79 Å². The second-order valence-electron chi connectivity index (χ2n) is 6.67. The number of nitrogens with zero attached hydrogens (tertiary/aromatic N) is 2. The normalized spacial score (nSPS) is 13.4. The minimum atomic E-state index is -0.213. The Labute approximate surface area is 156 Å². The summed E-state index contributed by atoms with van der Waals surface area (Å²) in [6.45, 7) is 0.758. The molecule has 1 aliphatic carbocycles. The van der Waals surface area contributed by atoms with Gasteiger partial charge >= 0.3 is 6.03 Å². The highest BCUT2D eigenvalue weighted by molar-refractivity contribution is 5.89. The Hall–Kier alpha value is -3.22. The molecule has 1 N–H and O–H groups in total. The molecule has 140 valence electrons. The molecule has 0 unspecified atom stereocenters. The van der Waals surface area contributed by atoms with Gasteiger partial charge < -0.3 is 23.9 Å². The van der Waals surface area contributed by atoms with Crippen molar-refractivity contribution in [3.05, 3.63) is 65.9 Å². The van der Waals surface area contributed by atoms with Crippen molar-refractivity contribution in [2.45, 2.75) is 31.9 Å². The first kappa shape index (κ1) is 17.2. The fraction of sp³-hybridized carbons (Fsp3) is 0.300. The molecule has 2 amide bonds. The van der Waals surface area contributed by atoms with Gasteiger partial charge in [-0.1, -0.05) is 5.16 Å². The van der Waals surface area contributed by atoms with E-state index in [0.717, 1.165) is 30.1 Å². The molecule has 0 aliphatic heterocycles. The Morgan fingerprint density at radius 2 is 2.11 bits per heavy atom. The monoisotopic (exact) mass is 367 g/mol. The zero-order valence-electron chi connectivity index (χ0n) is 15.1. The number of anilines is 1. The number of carbonyl (C=O) groups is 1. The fourth-order valence-corrected chi connectivity index (χ4v) is 2.68. The van der Waals surface area contributed by atoms with E-state index in [1.165, 1.54) is 0 Å². The number of rotatable bonds is 7. The first-order valence-electron chi connectivity index (χ1n) is 8.90. The van der Waals surface area contributed by atoms with E-state index in [1.54, 1.807) is 42.5 Å². The van der Waals surface area contributed by atoms with Crippen molar-refractivity contribution in [2.24, 2.45) is 0 Å². The second-order valence-corrected chi connectivity index (χ2v) is 6.67. The van der Waals surface area contributed by atoms with E-state index in [1.807, 2.05) is 18.2 Å². The number of benzene rings is 1. The van der Waals surface area contributed by atoms with E-state index in [2.05, 4.69) is 10.5 Å². The highest BCUT2D eigenvalue weighted by Crippen LogP contribution is 2.40. The largest absolute Gasteiger partial charge is 0.486 e. The molecule has 1 saturated carbocycles. The summed E-state index contributed by atoms with van der Waals surface area (Å²) in [5, 5.41) is 6.89. The van der Waals surface area contributed by atoms with Crippen molar-refractivity contribution < 1.29 is 18.5 Å². The van der Waals surface area contributed by atoms with Crippen LogP contribution in [0.1, 0.15) is 36.0 Å². The van der Waals surface area contributed by atoms with Crippen LogP contribution in [0.25, 0.3) is 0 Å². The Morgan fingerprint density at radius 1 is 1.30 bits per heavy atom. The lowest BCUT2D eigenvalue weighted by Gasteiger charge is -2.16. The van der Waals surface area contributed by atoms with Gasteiger partial charge in [0, 0.05) is 24.7 Å². The summed E-state index contributed by atoms with van der Waals surface area (Å²) < 4.78 is 16.2. The summed E-state index contributed by atoms with van der Waals surface area (Å²) >= 11 is 0. The van der Waals surface area contributed by atoms with Gasteiger partial charge in [-0.15, -0.1) is 0 Å². The molecule has 0 bridgehead atoms. The predicted octanol–water partition coefficient (Wildman–Crippen LogP) is 4.39. The molecule has 0 spiro atoms. The Balaban J connectivity index is 1.27. The first-order valence-corrected chi connectivity index (χ1v) is 8.90. The summed E-state index contributed by atoms with van der Waals surface area (Å²) in [4.78, 5) is 13.9. The molecule has 1 aliphatic rings. The molecule has 0 atom stereocenters. The predicted molar refractivity (Wildman–Crippen MR) is 98.4 cm³/mol. The zero-order valence-corrected chi connectivity index (χ0v) is 15.1. The van der Waals surface area contributed by atoms with Crippen molar-refractivity contribution in [2.75, 3.05) is 12.4 Å². The fourth-order valence-electron chi connectivity index (χ4n) is 2.68. The van der Waals surface area contributed by atoms with Crippen LogP contribution >= 0.6 is 0 Å². The Kier molecular flexibility index (Phi) is 4.82. The topological polar surface area (TPSA) is 80.7 Å². The van der Waals surface area contributed by atoms with E-state index < -0.39 is 0 Å². The highest BCUT2D eigenvalue weighted by Gasteiger charge is 2.28. The highest BCUT2D eigenvalue weighted by atomic mass is 16.5. The molecule has 2 heterocycles. The summed E-state index contributed by atoms with van der Waals surface area (Å²) in [6, 6.07) is 12.6. The number of ether oxygens (including phenoxy) is 1. The zero-order chi connectivity index (χ0) is 18.6. The number of hydrogen-bond donors (Lipinski definition) is 1. The average molecular weight is 367 g/mol. The number of aromatic nitrogens is 1. The van der Waals surface area contributed by atoms with Crippen LogP contribution in [0.2, 0.25) is 0 Å². The smallest absolute Gasteiger partial charge is 0.321 e. The lowest BCUT2D eigenvalue weighted by atomic mass is 10.3. The van der Waals surface area contributed by atoms with E-state index >= 15 is 0 Å². The van der Waals surface area contributed by atoms with Crippen molar-refractivity contribution >= 4 is 11.7 Å². The molecule has 1 aromatic carbocycles. The third kappa shape index (κ3) is 4.49. The summed E-state index contributed by atoms with van der Waals surface area (Å²) in [7, 11) is 1.72. The van der Waals surface area contributed by atoms with Crippen molar-refractivity contribution in [3.8, 4) is 5.75 Å². The van der Waals surface area contributed by atoms with Gasteiger partial charge in [0.2, 0.25) is 0 Å². The van der Waals surface area contributed by atoms with Crippen LogP contribution in [0.3, 0.4) is 0 Å². The summed E-state index contributed by atoms with van der Waals surface area (Å²) in [5.41, 5.74) is 1.45. The molecular weight excluding hydrogens is 346 g/mol. The number of hydrogen-bond acceptors (Lipinski definition) is 5. The molecule has 0 saturated heterocycles. The van der Waals surface area contributed by atoms with Gasteiger partial charge in [0.1, 0.15) is 29.6 Å². The Bertz CT molecular complexity index is 882. The molecule has 4 rings (SSSR count). The minimum absolute atomic E-state index is 0.213. The maximum absolute atomic E-state index is 12.3. The van der Waals surface area contributed by atoms with E-state index in [4.69, 9.17) is 13.7 Å². The van der Waals surface area contributed by atoms with Crippen molar-refractivity contribution in [1.29, 1.82) is 0 Å². The quantitative estimate of drug-likeness (QED) is 0.670. The molecule has 2 aromatic heterocycles. The maximum atomic E-state index is 12.3. The van der Waals surface area contributed by atoms with E-state index in [0.29, 0.717) is 30.5 Å². The molecule has 7 nitrogen and oxygen atoms in total. The van der Waals surface area contributed by atoms with Gasteiger partial charge in [-0.3, -0.25) is 0 Å². The molecule has 3 aromatic rings. The van der Waals surface area contributed by atoms with Crippen LogP contribution in [-0.4, -0.2) is 23.1 Å². The molecule has 1 fully saturated rings. The third-order valence-corrected chi connectivity index (χ3v) is 4.37. The maximum Gasteiger partial charge on any atom is 0.321 e. The van der Waals surface area contributed by atoms with Crippen LogP contribution in [-0.2, 0) is 13.2 Å². The van der Waals surface area contributed by atoms with Crippen LogP contribution in [0, 0.1) is 0 Å². The van der Waals surface area contributed by atoms with Crippen LogP contribution < -0.4 is 10.1 Å². The molecular formula is C20H21N3O4. The Morgan fingerprint density at radius 3 is 2.81 bits per heavy atom. The minimum Gasteiger partial charge on any atom is -0.486 e. The number of carbonyl (C=O) groups excluding carboxylic acids is 1. The number of amides is 2. The van der Waals surface area contributed by atoms with Crippen molar-refractivity contribution in [1.82, 2.24) is 10.1 Å². The van der Waals surface area contributed by atoms with E-state index in [-0.39, 0.29) is 6.03 Å². The van der Waals surface area contributed by atoms with Crippen LogP contribution in [0.5, 0.6) is 5.75 Å². The average Bonchev–Trinajstić information content (AvgIpc) is 3.19. The lowest BCUT2D eigenvalue weighted by molar-refractivity contribution is 0.219. The standard InChI is InChI=1S/C20H21N3O4/c1-23(12-16-11-19(27-22-16)14-4-5-14)20(24)21-15-6-8-17(9-7-15)26-13-18-3-2-10-25-18/h2-3,6-11,14H,4-5,12-13H2,1H3,(H,21,24). The molecule has 0 radical (unpaired) electrons. The van der Waals surface area contributed by atoms with Gasteiger partial charge in [0.25, 0.3) is 0 Å². The molecule has 7 heteroatoms. The number of furan rings is 1. The SMILES string of the molecule is CN(Cc1cc(C2CC2)on1)C(=O)Nc1ccc(OCc2ccco2)cc1. The summed E-state index contributed by atoms with van der Waals surface area (Å²) in [5.74, 6) is 2.89. The number of nitrogens with one attached hydrogen (secondary N) is 1. The second kappa shape index (κ2) is 7.57. The third-order valence-electron chi connectivity index (χ3n) is 4.37. The van der Waals surface area contributed by atoms with Gasteiger partial charge in [-0.05, 0) is 49.2 Å². The van der Waals surface area contributed by atoms with Crippen LogP contribution in [0.15, 0.2) is 57.7 Å². The lowest BCUT2D eigenvalue weighted by Crippen LogP contribution is -2.30. The van der Waals surface area contributed by atoms with Crippen LogP contribution in [0.4, 0.5) is 10.5 Å². The van der Waals surface area contributed by atoms with Gasteiger partial charge in [0.15, 0.2) is 0 Å². The van der Waals surface area contributed by atoms with Crippen molar-refractivity contribution in [3.63, 3.8) is 0 Å². The summed E-state index contributed by atoms with van der Waals surface area (Å²) in [6.07, 6.45) is 3.93. The van der Waals surface area contributed by atoms with Gasteiger partial charge in [-0.2, -0.15) is 0 Å². The molecule has 27 heavy (non-hydrogen) atoms. The number of urea groups is 1. The first-order chi connectivity index (χ1) is 13.2. The van der Waals surface area contributed by atoms with Gasteiger partial charge in [0.05, 0.1) is 12.8 Å². The van der Waals surface area contributed by atoms with Gasteiger partial charge in [-0.25, -0.2) is 4.79 Å².